The lowest BCUT2D eigenvalue weighted by molar-refractivity contribution is -0.238. The van der Waals surface area contributed by atoms with Crippen molar-refractivity contribution in [1.82, 2.24) is 0 Å². The summed E-state index contributed by atoms with van der Waals surface area (Å²) in [4.78, 5) is 0. The Balaban J connectivity index is 1.76. The van der Waals surface area contributed by atoms with E-state index in [1.54, 1.807) is 0 Å². The largest absolute Gasteiger partial charge is 0.478 e. The molecular formula is C17H24BClO3. The van der Waals surface area contributed by atoms with Crippen LogP contribution in [-0.4, -0.2) is 29.0 Å². The molecule has 0 heterocycles. The molecule has 0 radical (unpaired) electrons. The van der Waals surface area contributed by atoms with Gasteiger partial charge in [0.2, 0.25) is 0 Å². The fourth-order valence-corrected chi connectivity index (χ4v) is 4.60. The summed E-state index contributed by atoms with van der Waals surface area (Å²) in [6.07, 6.45) is 1.22. The van der Waals surface area contributed by atoms with E-state index in [0.717, 1.165) is 18.4 Å². The lowest BCUT2D eigenvalue weighted by Gasteiger charge is -2.66. The molecule has 3 nitrogen and oxygen atoms in total. The number of hydrogen-bond donors (Lipinski definition) is 2. The molecule has 22 heavy (non-hydrogen) atoms. The third-order valence-corrected chi connectivity index (χ3v) is 6.54. The standard InChI is InChI=1S/C17H24BClO3/c1-16(2)12-9-13(16)17(3,14(20)10-12)22-18(21)15(19)11-7-5-4-6-8-11/h4-8,12-15,20-21H,9-10H2,1-3H3/t12-,13-,14+,15+,17-/m0/s1. The van der Waals surface area contributed by atoms with Gasteiger partial charge in [-0.3, -0.25) is 0 Å². The van der Waals surface area contributed by atoms with Crippen molar-refractivity contribution in [2.45, 2.75) is 50.6 Å². The van der Waals surface area contributed by atoms with Crippen molar-refractivity contribution in [3.63, 3.8) is 0 Å². The first-order valence-corrected chi connectivity index (χ1v) is 8.43. The lowest BCUT2D eigenvalue weighted by Crippen LogP contribution is -2.68. The summed E-state index contributed by atoms with van der Waals surface area (Å²) in [5.74, 6) is 0.783. The molecule has 0 unspecified atom stereocenters. The predicted molar refractivity (Wildman–Crippen MR) is 88.5 cm³/mol. The van der Waals surface area contributed by atoms with E-state index in [-0.39, 0.29) is 11.3 Å². The molecule has 0 saturated heterocycles. The second-order valence-electron chi connectivity index (χ2n) is 7.56. The Morgan fingerprint density at radius 1 is 1.23 bits per heavy atom. The van der Waals surface area contributed by atoms with Crippen molar-refractivity contribution in [2.24, 2.45) is 17.3 Å². The van der Waals surface area contributed by atoms with E-state index < -0.39 is 24.1 Å². The molecule has 3 fully saturated rings. The number of halogens is 1. The Morgan fingerprint density at radius 2 is 1.86 bits per heavy atom. The van der Waals surface area contributed by atoms with Gasteiger partial charge in [-0.1, -0.05) is 44.2 Å². The van der Waals surface area contributed by atoms with E-state index in [1.807, 2.05) is 37.3 Å². The van der Waals surface area contributed by atoms with Crippen molar-refractivity contribution in [3.8, 4) is 0 Å². The highest BCUT2D eigenvalue weighted by molar-refractivity contribution is 6.58. The second kappa shape index (κ2) is 5.52. The molecule has 0 aliphatic heterocycles. The van der Waals surface area contributed by atoms with Crippen molar-refractivity contribution >= 4 is 18.7 Å². The molecule has 4 rings (SSSR count). The van der Waals surface area contributed by atoms with Gasteiger partial charge in [0.1, 0.15) is 0 Å². The Labute approximate surface area is 137 Å². The van der Waals surface area contributed by atoms with Crippen LogP contribution in [0.25, 0.3) is 0 Å². The number of aliphatic hydroxyl groups excluding tert-OH is 1. The van der Waals surface area contributed by atoms with E-state index in [0.29, 0.717) is 5.92 Å². The fraction of sp³-hybridized carbons (Fsp3) is 0.647. The molecule has 1 aromatic carbocycles. The predicted octanol–water partition coefficient (Wildman–Crippen LogP) is 3.19. The lowest BCUT2D eigenvalue weighted by atomic mass is 9.43. The van der Waals surface area contributed by atoms with E-state index >= 15 is 0 Å². The van der Waals surface area contributed by atoms with E-state index in [9.17, 15) is 10.1 Å². The van der Waals surface area contributed by atoms with Crippen LogP contribution in [0.2, 0.25) is 0 Å². The third-order valence-electron chi connectivity index (χ3n) is 6.07. The molecule has 3 aliphatic carbocycles. The Hall–Kier alpha value is -0.545. The molecular weight excluding hydrogens is 298 g/mol. The van der Waals surface area contributed by atoms with Gasteiger partial charge >= 0.3 is 7.12 Å². The molecule has 2 N–H and O–H groups in total. The van der Waals surface area contributed by atoms with Crippen LogP contribution in [-0.2, 0) is 4.65 Å². The maximum absolute atomic E-state index is 10.5. The molecule has 5 heteroatoms. The van der Waals surface area contributed by atoms with Crippen LogP contribution in [0.4, 0.5) is 0 Å². The Bertz CT molecular complexity index is 538. The van der Waals surface area contributed by atoms with Crippen LogP contribution in [0.3, 0.4) is 0 Å². The maximum atomic E-state index is 10.5. The molecule has 1 aromatic rings. The molecule has 0 aromatic heterocycles. The van der Waals surface area contributed by atoms with Gasteiger partial charge in [0.25, 0.3) is 0 Å². The third kappa shape index (κ3) is 2.41. The summed E-state index contributed by atoms with van der Waals surface area (Å²) in [5.41, 5.74) is 0.207. The molecule has 2 bridgehead atoms. The maximum Gasteiger partial charge on any atom is 0.478 e. The number of alkyl halides is 1. The van der Waals surface area contributed by atoms with Gasteiger partial charge < -0.3 is 14.8 Å². The van der Waals surface area contributed by atoms with Gasteiger partial charge in [-0.05, 0) is 42.6 Å². The smallest absolute Gasteiger partial charge is 0.426 e. The van der Waals surface area contributed by atoms with Gasteiger partial charge in [0.05, 0.1) is 17.0 Å². The zero-order chi connectivity index (χ0) is 16.1. The van der Waals surface area contributed by atoms with Gasteiger partial charge in [0.15, 0.2) is 0 Å². The summed E-state index contributed by atoms with van der Waals surface area (Å²) < 4.78 is 5.97. The average Bonchev–Trinajstić information content (AvgIpc) is 2.49. The van der Waals surface area contributed by atoms with Gasteiger partial charge in [-0.25, -0.2) is 0 Å². The van der Waals surface area contributed by atoms with Gasteiger partial charge in [0, 0.05) is 0 Å². The van der Waals surface area contributed by atoms with Crippen molar-refractivity contribution < 1.29 is 14.8 Å². The average molecular weight is 323 g/mol. The summed E-state index contributed by atoms with van der Waals surface area (Å²) in [5, 5.41) is 20.3. The highest BCUT2D eigenvalue weighted by Gasteiger charge is 2.64. The Morgan fingerprint density at radius 3 is 2.45 bits per heavy atom. The first-order valence-electron chi connectivity index (χ1n) is 7.99. The highest BCUT2D eigenvalue weighted by Crippen LogP contribution is 2.63. The van der Waals surface area contributed by atoms with Gasteiger partial charge in [-0.15, -0.1) is 11.6 Å². The minimum absolute atomic E-state index is 0.141. The number of hydrogen-bond acceptors (Lipinski definition) is 3. The quantitative estimate of drug-likeness (QED) is 0.661. The monoisotopic (exact) mass is 322 g/mol. The topological polar surface area (TPSA) is 49.7 Å². The minimum Gasteiger partial charge on any atom is -0.426 e. The number of rotatable bonds is 4. The minimum atomic E-state index is -1.14. The SMILES string of the molecule is CC1(C)[C@@H]2C[C@@H](O)[C@@](C)(OB(O)[C@H](Cl)c3ccccc3)[C@H]1C2. The number of fused-ring (bicyclic) bond motifs is 2. The van der Waals surface area contributed by atoms with Crippen molar-refractivity contribution in [2.75, 3.05) is 0 Å². The molecule has 3 aliphatic rings. The molecule has 0 amide bonds. The van der Waals surface area contributed by atoms with Crippen LogP contribution in [0.5, 0.6) is 0 Å². The van der Waals surface area contributed by atoms with Crippen LogP contribution < -0.4 is 0 Å². The van der Waals surface area contributed by atoms with Crippen LogP contribution >= 0.6 is 11.6 Å². The van der Waals surface area contributed by atoms with Crippen molar-refractivity contribution in [1.29, 1.82) is 0 Å². The van der Waals surface area contributed by atoms with Gasteiger partial charge in [-0.2, -0.15) is 0 Å². The molecule has 0 spiro atoms. The normalized spacial score (nSPS) is 37.3. The summed E-state index contributed by atoms with van der Waals surface area (Å²) in [6, 6.07) is 9.41. The van der Waals surface area contributed by atoms with Crippen molar-refractivity contribution in [3.05, 3.63) is 35.9 Å². The zero-order valence-corrected chi connectivity index (χ0v) is 14.1. The zero-order valence-electron chi connectivity index (χ0n) is 13.4. The Kier molecular flexibility index (Phi) is 4.09. The van der Waals surface area contributed by atoms with Crippen LogP contribution in [0.1, 0.15) is 44.5 Å². The van der Waals surface area contributed by atoms with E-state index in [2.05, 4.69) is 13.8 Å². The first-order chi connectivity index (χ1) is 10.3. The first kappa shape index (κ1) is 16.3. The molecule has 3 saturated carbocycles. The van der Waals surface area contributed by atoms with E-state index in [1.165, 1.54) is 0 Å². The summed E-state index contributed by atoms with van der Waals surface area (Å²) in [7, 11) is -1.14. The highest BCUT2D eigenvalue weighted by atomic mass is 35.5. The number of aliphatic hydroxyl groups is 1. The molecule has 120 valence electrons. The van der Waals surface area contributed by atoms with E-state index in [4.69, 9.17) is 16.3 Å². The fourth-order valence-electron chi connectivity index (χ4n) is 4.41. The summed E-state index contributed by atoms with van der Waals surface area (Å²) in [6.45, 7) is 6.36. The second-order valence-corrected chi connectivity index (χ2v) is 8.03. The summed E-state index contributed by atoms with van der Waals surface area (Å²) >= 11 is 6.36. The number of benzene rings is 1. The molecule has 5 atom stereocenters. The van der Waals surface area contributed by atoms with Crippen LogP contribution in [0.15, 0.2) is 30.3 Å². The van der Waals surface area contributed by atoms with Crippen LogP contribution in [0, 0.1) is 17.3 Å².